The zero-order chi connectivity index (χ0) is 11.4. The topological polar surface area (TPSA) is 73.3 Å². The van der Waals surface area contributed by atoms with Crippen LogP contribution in [0.4, 0.5) is 6.01 Å². The van der Waals surface area contributed by atoms with Crippen molar-refractivity contribution in [2.24, 2.45) is 0 Å². The van der Waals surface area contributed by atoms with Crippen LogP contribution in [0.2, 0.25) is 0 Å². The Labute approximate surface area is 92.6 Å². The van der Waals surface area contributed by atoms with E-state index < -0.39 is 0 Å². The lowest BCUT2D eigenvalue weighted by molar-refractivity contribution is 0.210. The van der Waals surface area contributed by atoms with Gasteiger partial charge in [-0.25, -0.2) is 0 Å². The molecule has 16 heavy (non-hydrogen) atoms. The normalized spacial score (nSPS) is 10.6. The summed E-state index contributed by atoms with van der Waals surface area (Å²) in [4.78, 5) is 4.18. The Morgan fingerprint density at radius 2 is 2.38 bits per heavy atom. The van der Waals surface area contributed by atoms with Crippen molar-refractivity contribution in [3.8, 4) is 11.4 Å². The van der Waals surface area contributed by atoms with Gasteiger partial charge in [0.2, 0.25) is 5.82 Å². The number of methoxy groups -OCH3 is 1. The molecule has 6 nitrogen and oxygen atoms in total. The zero-order valence-electron chi connectivity index (χ0n) is 9.19. The number of aryl methyl sites for hydroxylation is 1. The van der Waals surface area contributed by atoms with Crippen LogP contribution in [-0.4, -0.2) is 30.4 Å². The third-order valence-electron chi connectivity index (χ3n) is 2.11. The van der Waals surface area contributed by atoms with Crippen molar-refractivity contribution >= 4 is 6.01 Å². The van der Waals surface area contributed by atoms with Gasteiger partial charge in [-0.15, -0.1) is 0 Å². The summed E-state index contributed by atoms with van der Waals surface area (Å²) in [5.74, 6) is 1.29. The molecule has 1 N–H and O–H groups in total. The van der Waals surface area contributed by atoms with E-state index >= 15 is 0 Å². The minimum Gasteiger partial charge on any atom is -0.469 e. The van der Waals surface area contributed by atoms with E-state index in [0.29, 0.717) is 25.0 Å². The van der Waals surface area contributed by atoms with Crippen molar-refractivity contribution in [2.45, 2.75) is 6.92 Å². The van der Waals surface area contributed by atoms with Gasteiger partial charge in [-0.1, -0.05) is 5.16 Å². The summed E-state index contributed by atoms with van der Waals surface area (Å²) >= 11 is 0. The monoisotopic (exact) mass is 223 g/mol. The fourth-order valence-electron chi connectivity index (χ4n) is 1.28. The van der Waals surface area contributed by atoms with Crippen LogP contribution in [0.25, 0.3) is 11.4 Å². The largest absolute Gasteiger partial charge is 0.469 e. The van der Waals surface area contributed by atoms with Gasteiger partial charge in [0.1, 0.15) is 5.76 Å². The van der Waals surface area contributed by atoms with Crippen molar-refractivity contribution in [2.75, 3.05) is 25.6 Å². The quantitative estimate of drug-likeness (QED) is 0.777. The lowest BCUT2D eigenvalue weighted by Gasteiger charge is -1.97. The molecule has 2 rings (SSSR count). The average Bonchev–Trinajstić information content (AvgIpc) is 2.87. The van der Waals surface area contributed by atoms with E-state index in [2.05, 4.69) is 15.5 Å². The summed E-state index contributed by atoms with van der Waals surface area (Å²) in [5, 5.41) is 6.80. The van der Waals surface area contributed by atoms with Gasteiger partial charge in [-0.05, 0) is 13.0 Å². The van der Waals surface area contributed by atoms with Crippen LogP contribution in [-0.2, 0) is 4.74 Å². The predicted octanol–water partition coefficient (Wildman–Crippen LogP) is 1.70. The molecule has 86 valence electrons. The van der Waals surface area contributed by atoms with Crippen LogP contribution in [0, 0.1) is 6.92 Å². The highest BCUT2D eigenvalue weighted by molar-refractivity contribution is 5.57. The highest BCUT2D eigenvalue weighted by Gasteiger charge is 2.11. The van der Waals surface area contributed by atoms with Crippen LogP contribution in [0.15, 0.2) is 21.3 Å². The number of anilines is 1. The van der Waals surface area contributed by atoms with Crippen LogP contribution < -0.4 is 5.32 Å². The first-order valence-corrected chi connectivity index (χ1v) is 4.92. The van der Waals surface area contributed by atoms with Crippen molar-refractivity contribution in [1.29, 1.82) is 0 Å². The van der Waals surface area contributed by atoms with Crippen molar-refractivity contribution in [1.82, 2.24) is 10.1 Å². The molecule has 0 fully saturated rings. The van der Waals surface area contributed by atoms with Gasteiger partial charge in [0.05, 0.1) is 18.4 Å². The van der Waals surface area contributed by atoms with E-state index in [0.717, 1.165) is 11.3 Å². The molecule has 0 radical (unpaired) electrons. The maximum Gasteiger partial charge on any atom is 0.321 e. The van der Waals surface area contributed by atoms with Crippen molar-refractivity contribution in [3.05, 3.63) is 18.1 Å². The van der Waals surface area contributed by atoms with Crippen molar-refractivity contribution in [3.63, 3.8) is 0 Å². The lowest BCUT2D eigenvalue weighted by Crippen LogP contribution is -2.07. The first kappa shape index (κ1) is 10.7. The van der Waals surface area contributed by atoms with E-state index in [9.17, 15) is 0 Å². The molecule has 0 amide bonds. The number of furan rings is 1. The average molecular weight is 223 g/mol. The Bertz CT molecular complexity index is 450. The molecule has 0 atom stereocenters. The second kappa shape index (κ2) is 4.80. The molecule has 0 aromatic carbocycles. The zero-order valence-corrected chi connectivity index (χ0v) is 9.19. The third kappa shape index (κ3) is 2.22. The van der Waals surface area contributed by atoms with E-state index in [-0.39, 0.29) is 0 Å². The van der Waals surface area contributed by atoms with Gasteiger partial charge >= 0.3 is 6.01 Å². The van der Waals surface area contributed by atoms with Gasteiger partial charge in [-0.3, -0.25) is 0 Å². The summed E-state index contributed by atoms with van der Waals surface area (Å²) in [5.41, 5.74) is 0.837. The molecule has 0 aliphatic heterocycles. The Balaban J connectivity index is 2.05. The summed E-state index contributed by atoms with van der Waals surface area (Å²) in [6.45, 7) is 3.06. The predicted molar refractivity (Wildman–Crippen MR) is 57.1 cm³/mol. The van der Waals surface area contributed by atoms with Crippen LogP contribution in [0.1, 0.15) is 5.76 Å². The number of hydrogen-bond donors (Lipinski definition) is 1. The number of ether oxygens (including phenoxy) is 1. The Morgan fingerprint density at radius 3 is 3.06 bits per heavy atom. The second-order valence-electron chi connectivity index (χ2n) is 3.23. The SMILES string of the molecule is COCCNc1nc(-c2ccoc2C)no1. The van der Waals surface area contributed by atoms with E-state index in [1.54, 1.807) is 19.4 Å². The first-order chi connectivity index (χ1) is 7.81. The first-order valence-electron chi connectivity index (χ1n) is 4.92. The Morgan fingerprint density at radius 1 is 1.50 bits per heavy atom. The molecular weight excluding hydrogens is 210 g/mol. The highest BCUT2D eigenvalue weighted by Crippen LogP contribution is 2.22. The van der Waals surface area contributed by atoms with Crippen molar-refractivity contribution < 1.29 is 13.7 Å². The Hall–Kier alpha value is -1.82. The van der Waals surface area contributed by atoms with Gasteiger partial charge in [-0.2, -0.15) is 4.98 Å². The standard InChI is InChI=1S/C10H13N3O3/c1-7-8(3-5-15-7)9-12-10(16-13-9)11-4-6-14-2/h3,5H,4,6H2,1-2H3,(H,11,12,13). The van der Waals surface area contributed by atoms with Crippen LogP contribution >= 0.6 is 0 Å². The highest BCUT2D eigenvalue weighted by atomic mass is 16.5. The smallest absolute Gasteiger partial charge is 0.321 e. The number of hydrogen-bond acceptors (Lipinski definition) is 6. The molecule has 0 saturated heterocycles. The molecule has 0 bridgehead atoms. The molecule has 2 heterocycles. The second-order valence-corrected chi connectivity index (χ2v) is 3.23. The third-order valence-corrected chi connectivity index (χ3v) is 2.11. The Kier molecular flexibility index (Phi) is 3.21. The van der Waals surface area contributed by atoms with Crippen LogP contribution in [0.3, 0.4) is 0 Å². The number of nitrogens with one attached hydrogen (secondary N) is 1. The van der Waals surface area contributed by atoms with Crippen LogP contribution in [0.5, 0.6) is 0 Å². The molecule has 0 aliphatic rings. The fourth-order valence-corrected chi connectivity index (χ4v) is 1.28. The lowest BCUT2D eigenvalue weighted by atomic mass is 10.2. The molecule has 0 unspecified atom stereocenters. The molecule has 0 saturated carbocycles. The molecule has 2 aromatic heterocycles. The van der Waals surface area contributed by atoms with Gasteiger partial charge < -0.3 is 19.0 Å². The van der Waals surface area contributed by atoms with E-state index in [4.69, 9.17) is 13.7 Å². The van der Waals surface area contributed by atoms with Gasteiger partial charge in [0.25, 0.3) is 0 Å². The van der Waals surface area contributed by atoms with E-state index in [1.165, 1.54) is 0 Å². The van der Waals surface area contributed by atoms with Gasteiger partial charge in [0, 0.05) is 13.7 Å². The molecule has 2 aromatic rings. The summed E-state index contributed by atoms with van der Waals surface area (Å²) in [7, 11) is 1.63. The number of aromatic nitrogens is 2. The number of nitrogens with zero attached hydrogens (tertiary/aromatic N) is 2. The molecule has 0 spiro atoms. The molecule has 0 aliphatic carbocycles. The van der Waals surface area contributed by atoms with Gasteiger partial charge in [0.15, 0.2) is 0 Å². The fraction of sp³-hybridized carbons (Fsp3) is 0.400. The maximum atomic E-state index is 5.16. The maximum absolute atomic E-state index is 5.16. The minimum atomic E-state index is 0.382. The summed E-state index contributed by atoms with van der Waals surface area (Å²) in [6.07, 6.45) is 1.60. The van der Waals surface area contributed by atoms with E-state index in [1.807, 2.05) is 6.92 Å². The summed E-state index contributed by atoms with van der Waals surface area (Å²) < 4.78 is 15.1. The molecule has 6 heteroatoms. The summed E-state index contributed by atoms with van der Waals surface area (Å²) in [6, 6.07) is 2.19. The molecular formula is C10H13N3O3. The number of rotatable bonds is 5. The minimum absolute atomic E-state index is 0.382.